The number of pyridine rings is 1. The third-order valence-electron chi connectivity index (χ3n) is 5.26. The number of fused-ring (bicyclic) bond motifs is 1. The van der Waals surface area contributed by atoms with E-state index in [1.165, 1.54) is 0 Å². The van der Waals surface area contributed by atoms with Crippen molar-refractivity contribution in [3.05, 3.63) is 53.1 Å². The van der Waals surface area contributed by atoms with Crippen LogP contribution in [0.4, 0.5) is 5.82 Å². The fourth-order valence-corrected chi connectivity index (χ4v) is 3.73. The van der Waals surface area contributed by atoms with E-state index in [-0.39, 0.29) is 23.1 Å². The minimum atomic E-state index is -0.684. The predicted octanol–water partition coefficient (Wildman–Crippen LogP) is 3.20. The SMILES string of the molecule is CC1=C(n2c(N)c(C(N)=O)c3nc(-c4ccc(C)cn4)cnc32)[C@H](C)CC=C1O. The zero-order valence-corrected chi connectivity index (χ0v) is 16.5. The van der Waals surface area contributed by atoms with Gasteiger partial charge in [-0.2, -0.15) is 0 Å². The average molecular weight is 390 g/mol. The summed E-state index contributed by atoms with van der Waals surface area (Å²) in [5.41, 5.74) is 16.5. The minimum Gasteiger partial charge on any atom is -0.508 e. The summed E-state index contributed by atoms with van der Waals surface area (Å²) in [6.45, 7) is 5.78. The molecule has 0 spiro atoms. The predicted molar refractivity (Wildman–Crippen MR) is 112 cm³/mol. The maximum atomic E-state index is 12.2. The summed E-state index contributed by atoms with van der Waals surface area (Å²) in [7, 11) is 0. The number of aliphatic hydroxyl groups excluding tert-OH is 1. The summed E-state index contributed by atoms with van der Waals surface area (Å²) in [6.07, 6.45) is 5.75. The number of aliphatic hydroxyl groups is 1. The average Bonchev–Trinajstić information content (AvgIpc) is 2.97. The number of aryl methyl sites for hydroxylation is 1. The number of carbonyl (C=O) groups excluding carboxylic acids is 1. The van der Waals surface area contributed by atoms with Crippen molar-refractivity contribution in [1.82, 2.24) is 19.5 Å². The second kappa shape index (κ2) is 6.73. The smallest absolute Gasteiger partial charge is 0.254 e. The van der Waals surface area contributed by atoms with Gasteiger partial charge in [0.25, 0.3) is 5.91 Å². The van der Waals surface area contributed by atoms with Gasteiger partial charge in [-0.3, -0.25) is 14.3 Å². The Kier molecular flexibility index (Phi) is 4.34. The molecule has 1 atom stereocenters. The van der Waals surface area contributed by atoms with Gasteiger partial charge in [-0.05, 0) is 38.0 Å². The molecule has 148 valence electrons. The molecule has 0 fully saturated rings. The summed E-state index contributed by atoms with van der Waals surface area (Å²) in [5, 5.41) is 10.2. The lowest BCUT2D eigenvalue weighted by molar-refractivity contribution is 0.100. The molecule has 0 unspecified atom stereocenters. The van der Waals surface area contributed by atoms with Crippen LogP contribution in [-0.4, -0.2) is 30.5 Å². The molecular formula is C21H22N6O2. The first-order valence-electron chi connectivity index (χ1n) is 9.30. The van der Waals surface area contributed by atoms with E-state index in [1.807, 2.05) is 32.9 Å². The third kappa shape index (κ3) is 2.93. The summed E-state index contributed by atoms with van der Waals surface area (Å²) in [5.74, 6) is -0.272. The van der Waals surface area contributed by atoms with Crippen LogP contribution in [-0.2, 0) is 0 Å². The molecule has 0 saturated heterocycles. The van der Waals surface area contributed by atoms with Crippen LogP contribution in [0.5, 0.6) is 0 Å². The van der Waals surface area contributed by atoms with Gasteiger partial charge in [0, 0.05) is 23.4 Å². The van der Waals surface area contributed by atoms with Gasteiger partial charge < -0.3 is 16.6 Å². The summed E-state index contributed by atoms with van der Waals surface area (Å²) >= 11 is 0. The monoisotopic (exact) mass is 390 g/mol. The topological polar surface area (TPSA) is 133 Å². The number of aromatic nitrogens is 4. The maximum absolute atomic E-state index is 12.2. The first kappa shape index (κ1) is 18.7. The van der Waals surface area contributed by atoms with Crippen LogP contribution in [0.3, 0.4) is 0 Å². The van der Waals surface area contributed by atoms with E-state index in [4.69, 9.17) is 11.5 Å². The molecule has 8 nitrogen and oxygen atoms in total. The van der Waals surface area contributed by atoms with Gasteiger partial charge >= 0.3 is 0 Å². The van der Waals surface area contributed by atoms with Gasteiger partial charge in [-0.1, -0.05) is 13.0 Å². The van der Waals surface area contributed by atoms with Crippen molar-refractivity contribution in [2.45, 2.75) is 27.2 Å². The van der Waals surface area contributed by atoms with Crippen molar-refractivity contribution in [2.75, 3.05) is 5.73 Å². The lowest BCUT2D eigenvalue weighted by atomic mass is 9.93. The molecule has 3 aromatic rings. The van der Waals surface area contributed by atoms with Crippen LogP contribution in [0.15, 0.2) is 41.9 Å². The van der Waals surface area contributed by atoms with Gasteiger partial charge in [0.2, 0.25) is 0 Å². The quantitative estimate of drug-likeness (QED) is 0.629. The molecule has 0 aliphatic heterocycles. The molecule has 0 radical (unpaired) electrons. The molecule has 1 aliphatic rings. The van der Waals surface area contributed by atoms with E-state index in [0.29, 0.717) is 34.5 Å². The Morgan fingerprint density at radius 3 is 2.62 bits per heavy atom. The van der Waals surface area contributed by atoms with E-state index in [9.17, 15) is 9.90 Å². The number of nitrogens with zero attached hydrogens (tertiary/aromatic N) is 4. The number of allylic oxidation sites excluding steroid dienone is 3. The Hall–Kier alpha value is -3.68. The highest BCUT2D eigenvalue weighted by molar-refractivity contribution is 6.10. The number of anilines is 1. The Morgan fingerprint density at radius 2 is 1.97 bits per heavy atom. The number of rotatable bonds is 3. The zero-order chi connectivity index (χ0) is 20.9. The van der Waals surface area contributed by atoms with Gasteiger partial charge in [-0.25, -0.2) is 9.97 Å². The second-order valence-electron chi connectivity index (χ2n) is 7.34. The fraction of sp³-hybridized carbons (Fsp3) is 0.238. The van der Waals surface area contributed by atoms with Crippen LogP contribution in [0.25, 0.3) is 28.2 Å². The molecule has 0 bridgehead atoms. The zero-order valence-electron chi connectivity index (χ0n) is 16.5. The molecule has 5 N–H and O–H groups in total. The maximum Gasteiger partial charge on any atom is 0.254 e. The van der Waals surface area contributed by atoms with Gasteiger partial charge in [-0.15, -0.1) is 0 Å². The first-order chi connectivity index (χ1) is 13.8. The number of hydrogen-bond acceptors (Lipinski definition) is 6. The van der Waals surface area contributed by atoms with Crippen molar-refractivity contribution in [1.29, 1.82) is 0 Å². The van der Waals surface area contributed by atoms with Gasteiger partial charge in [0.15, 0.2) is 5.65 Å². The molecule has 0 saturated carbocycles. The molecular weight excluding hydrogens is 368 g/mol. The number of carbonyl (C=O) groups is 1. The second-order valence-corrected chi connectivity index (χ2v) is 7.34. The number of hydrogen-bond donors (Lipinski definition) is 3. The number of amides is 1. The molecule has 1 aliphatic carbocycles. The van der Waals surface area contributed by atoms with Crippen LogP contribution >= 0.6 is 0 Å². The first-order valence-corrected chi connectivity index (χ1v) is 9.30. The van der Waals surface area contributed by atoms with Crippen molar-refractivity contribution >= 4 is 28.6 Å². The molecule has 8 heteroatoms. The lowest BCUT2D eigenvalue weighted by Gasteiger charge is -2.24. The van der Waals surface area contributed by atoms with Gasteiger partial charge in [0.05, 0.1) is 11.9 Å². The number of nitrogens with two attached hydrogens (primary N) is 2. The van der Waals surface area contributed by atoms with E-state index >= 15 is 0 Å². The molecule has 0 aromatic carbocycles. The van der Waals surface area contributed by atoms with Crippen molar-refractivity contribution in [2.24, 2.45) is 11.7 Å². The Labute approximate surface area is 167 Å². The highest BCUT2D eigenvalue weighted by Crippen LogP contribution is 2.38. The lowest BCUT2D eigenvalue weighted by Crippen LogP contribution is -2.17. The van der Waals surface area contributed by atoms with Crippen molar-refractivity contribution < 1.29 is 9.90 Å². The largest absolute Gasteiger partial charge is 0.508 e. The highest BCUT2D eigenvalue weighted by Gasteiger charge is 2.29. The summed E-state index contributed by atoms with van der Waals surface area (Å²) in [6, 6.07) is 3.77. The number of primary amides is 1. The van der Waals surface area contributed by atoms with E-state index in [1.54, 1.807) is 23.0 Å². The highest BCUT2D eigenvalue weighted by atomic mass is 16.3. The van der Waals surface area contributed by atoms with E-state index in [2.05, 4.69) is 15.0 Å². The van der Waals surface area contributed by atoms with Crippen LogP contribution in [0.1, 0.15) is 36.2 Å². The molecule has 4 rings (SSSR count). The van der Waals surface area contributed by atoms with Crippen LogP contribution in [0.2, 0.25) is 0 Å². The number of nitrogen functional groups attached to an aromatic ring is 1. The van der Waals surface area contributed by atoms with Gasteiger partial charge in [0.1, 0.15) is 28.4 Å². The van der Waals surface area contributed by atoms with Crippen molar-refractivity contribution in [3.63, 3.8) is 0 Å². The fourth-order valence-electron chi connectivity index (χ4n) is 3.73. The summed E-state index contributed by atoms with van der Waals surface area (Å²) in [4.78, 5) is 25.8. The van der Waals surface area contributed by atoms with E-state index < -0.39 is 5.91 Å². The van der Waals surface area contributed by atoms with Crippen LogP contribution < -0.4 is 11.5 Å². The normalized spacial score (nSPS) is 16.9. The molecule has 3 aromatic heterocycles. The minimum absolute atomic E-state index is 0.0600. The Balaban J connectivity index is 2.01. The molecule has 29 heavy (non-hydrogen) atoms. The van der Waals surface area contributed by atoms with Crippen molar-refractivity contribution in [3.8, 4) is 11.4 Å². The Bertz CT molecular complexity index is 1200. The standard InChI is InChI=1S/C21H22N6O2/c1-10-4-6-13(24-8-10)14-9-25-21-17(26-14)16(20(23)29)19(22)27(21)18-11(2)5-7-15(28)12(18)3/h4,6-9,11,28H,5,22H2,1-3H3,(H2,23,29)/t11-/m1/s1. The third-order valence-corrected chi connectivity index (χ3v) is 5.26. The van der Waals surface area contributed by atoms with Crippen LogP contribution in [0, 0.1) is 12.8 Å². The molecule has 1 amide bonds. The van der Waals surface area contributed by atoms with E-state index in [0.717, 1.165) is 11.3 Å². The summed E-state index contributed by atoms with van der Waals surface area (Å²) < 4.78 is 1.68. The Morgan fingerprint density at radius 1 is 1.21 bits per heavy atom. The molecule has 3 heterocycles.